The van der Waals surface area contributed by atoms with E-state index in [1.807, 2.05) is 0 Å². The Labute approximate surface area is 116 Å². The van der Waals surface area contributed by atoms with Crippen LogP contribution in [-0.2, 0) is 9.59 Å². The zero-order valence-corrected chi connectivity index (χ0v) is 11.3. The molecular weight excluding hydrogens is 264 g/mol. The molecule has 0 spiro atoms. The number of furan rings is 1. The summed E-state index contributed by atoms with van der Waals surface area (Å²) >= 11 is 0. The van der Waals surface area contributed by atoms with Gasteiger partial charge in [-0.15, -0.1) is 0 Å². The number of amides is 2. The first kappa shape index (κ1) is 15.7. The van der Waals surface area contributed by atoms with Crippen LogP contribution in [-0.4, -0.2) is 47.9 Å². The third-order valence-corrected chi connectivity index (χ3v) is 2.72. The lowest BCUT2D eigenvalue weighted by Crippen LogP contribution is -2.32. The number of aliphatic carboxylic acids is 1. The van der Waals surface area contributed by atoms with Gasteiger partial charge < -0.3 is 19.7 Å². The highest BCUT2D eigenvalue weighted by atomic mass is 16.4. The Morgan fingerprint density at radius 3 is 2.70 bits per heavy atom. The molecule has 2 N–H and O–H groups in total. The van der Waals surface area contributed by atoms with Crippen molar-refractivity contribution in [3.8, 4) is 0 Å². The molecule has 1 aromatic heterocycles. The highest BCUT2D eigenvalue weighted by Crippen LogP contribution is 2.00. The minimum atomic E-state index is -0.877. The highest BCUT2D eigenvalue weighted by molar-refractivity contribution is 5.94. The van der Waals surface area contributed by atoms with Gasteiger partial charge in [-0.05, 0) is 12.5 Å². The topological polar surface area (TPSA) is 99.9 Å². The van der Waals surface area contributed by atoms with Gasteiger partial charge in [-0.1, -0.05) is 0 Å². The summed E-state index contributed by atoms with van der Waals surface area (Å²) in [5, 5.41) is 11.1. The Bertz CT molecular complexity index is 455. The molecule has 0 saturated carbocycles. The van der Waals surface area contributed by atoms with Crippen molar-refractivity contribution >= 4 is 17.8 Å². The van der Waals surface area contributed by atoms with Crippen LogP contribution in [0.15, 0.2) is 23.0 Å². The van der Waals surface area contributed by atoms with E-state index in [9.17, 15) is 14.4 Å². The van der Waals surface area contributed by atoms with Crippen LogP contribution in [0, 0.1) is 0 Å². The molecule has 1 aromatic rings. The number of hydrogen-bond donors (Lipinski definition) is 2. The van der Waals surface area contributed by atoms with Crippen molar-refractivity contribution in [3.63, 3.8) is 0 Å². The summed E-state index contributed by atoms with van der Waals surface area (Å²) in [6, 6.07) is 1.54. The maximum Gasteiger partial charge on any atom is 0.303 e. The molecule has 0 aromatic carbocycles. The van der Waals surface area contributed by atoms with E-state index >= 15 is 0 Å². The van der Waals surface area contributed by atoms with E-state index in [-0.39, 0.29) is 31.2 Å². The van der Waals surface area contributed by atoms with Crippen LogP contribution in [0.3, 0.4) is 0 Å². The van der Waals surface area contributed by atoms with E-state index in [4.69, 9.17) is 9.52 Å². The second kappa shape index (κ2) is 7.98. The van der Waals surface area contributed by atoms with Crippen LogP contribution in [0.25, 0.3) is 0 Å². The lowest BCUT2D eigenvalue weighted by Gasteiger charge is -2.16. The number of carbonyl (C=O) groups is 3. The number of nitrogens with one attached hydrogen (secondary N) is 1. The van der Waals surface area contributed by atoms with Crippen LogP contribution in [0.1, 0.15) is 29.6 Å². The standard InChI is InChI=1S/C13H18N2O5/c1-15(7-2-3-12(17)18)11(16)4-6-14-13(19)10-5-8-20-9-10/h5,8-9H,2-4,6-7H2,1H3,(H,14,19)(H,17,18). The SMILES string of the molecule is CN(CCCC(=O)O)C(=O)CCNC(=O)c1ccoc1. The smallest absolute Gasteiger partial charge is 0.303 e. The third kappa shape index (κ3) is 5.55. The second-order valence-corrected chi connectivity index (χ2v) is 4.33. The summed E-state index contributed by atoms with van der Waals surface area (Å²) < 4.78 is 4.78. The molecular formula is C13H18N2O5. The predicted molar refractivity (Wildman–Crippen MR) is 70.2 cm³/mol. The number of carbonyl (C=O) groups excluding carboxylic acids is 2. The van der Waals surface area contributed by atoms with Gasteiger partial charge in [0.2, 0.25) is 5.91 Å². The summed E-state index contributed by atoms with van der Waals surface area (Å²) in [5.74, 6) is -1.30. The van der Waals surface area contributed by atoms with Crippen LogP contribution in [0.2, 0.25) is 0 Å². The maximum atomic E-state index is 11.7. The fraction of sp³-hybridized carbons (Fsp3) is 0.462. The van der Waals surface area contributed by atoms with E-state index in [0.29, 0.717) is 18.5 Å². The molecule has 7 heteroatoms. The first-order chi connectivity index (χ1) is 9.50. The monoisotopic (exact) mass is 282 g/mol. The van der Waals surface area contributed by atoms with Crippen molar-refractivity contribution in [1.82, 2.24) is 10.2 Å². The fourth-order valence-corrected chi connectivity index (χ4v) is 1.56. The molecule has 1 rings (SSSR count). The Hall–Kier alpha value is -2.31. The molecule has 0 aliphatic carbocycles. The molecule has 20 heavy (non-hydrogen) atoms. The molecule has 0 aliphatic heterocycles. The molecule has 1 heterocycles. The van der Waals surface area contributed by atoms with Gasteiger partial charge in [-0.25, -0.2) is 0 Å². The van der Waals surface area contributed by atoms with Crippen molar-refractivity contribution in [2.45, 2.75) is 19.3 Å². The molecule has 2 amide bonds. The van der Waals surface area contributed by atoms with Gasteiger partial charge >= 0.3 is 5.97 Å². The van der Waals surface area contributed by atoms with Crippen LogP contribution in [0.5, 0.6) is 0 Å². The first-order valence-corrected chi connectivity index (χ1v) is 6.27. The average molecular weight is 282 g/mol. The molecule has 0 radical (unpaired) electrons. The number of carboxylic acid groups (broad SMARTS) is 1. The van der Waals surface area contributed by atoms with Crippen LogP contribution < -0.4 is 5.32 Å². The number of nitrogens with zero attached hydrogens (tertiary/aromatic N) is 1. The summed E-state index contributed by atoms with van der Waals surface area (Å²) in [5.41, 5.74) is 0.410. The zero-order chi connectivity index (χ0) is 15.0. The molecule has 0 atom stereocenters. The maximum absolute atomic E-state index is 11.7. The number of rotatable bonds is 8. The molecule has 0 bridgehead atoms. The Balaban J connectivity index is 2.19. The number of hydrogen-bond acceptors (Lipinski definition) is 4. The normalized spacial score (nSPS) is 10.1. The predicted octanol–water partition coefficient (Wildman–Crippen LogP) is 0.723. The first-order valence-electron chi connectivity index (χ1n) is 6.27. The average Bonchev–Trinajstić information content (AvgIpc) is 2.91. The Morgan fingerprint density at radius 2 is 2.10 bits per heavy atom. The quantitative estimate of drug-likeness (QED) is 0.732. The number of carboxylic acids is 1. The Kier molecular flexibility index (Phi) is 6.28. The minimum Gasteiger partial charge on any atom is -0.481 e. The van der Waals surface area contributed by atoms with E-state index < -0.39 is 5.97 Å². The fourth-order valence-electron chi connectivity index (χ4n) is 1.56. The minimum absolute atomic E-state index is 0.0366. The summed E-state index contributed by atoms with van der Waals surface area (Å²) in [7, 11) is 1.61. The van der Waals surface area contributed by atoms with E-state index in [1.165, 1.54) is 23.5 Å². The lowest BCUT2D eigenvalue weighted by molar-refractivity contribution is -0.138. The van der Waals surface area contributed by atoms with E-state index in [0.717, 1.165) is 0 Å². The van der Waals surface area contributed by atoms with Crippen molar-refractivity contribution in [3.05, 3.63) is 24.2 Å². The van der Waals surface area contributed by atoms with E-state index in [1.54, 1.807) is 7.05 Å². The lowest BCUT2D eigenvalue weighted by atomic mass is 10.2. The van der Waals surface area contributed by atoms with Crippen molar-refractivity contribution < 1.29 is 23.9 Å². The van der Waals surface area contributed by atoms with Gasteiger partial charge in [0.05, 0.1) is 11.8 Å². The Morgan fingerprint density at radius 1 is 1.35 bits per heavy atom. The molecule has 0 unspecified atom stereocenters. The van der Waals surface area contributed by atoms with E-state index in [2.05, 4.69) is 5.32 Å². The van der Waals surface area contributed by atoms with Gasteiger partial charge in [0, 0.05) is 33.0 Å². The molecule has 7 nitrogen and oxygen atoms in total. The molecule has 0 fully saturated rings. The van der Waals surface area contributed by atoms with Gasteiger partial charge in [-0.2, -0.15) is 0 Å². The van der Waals surface area contributed by atoms with Crippen molar-refractivity contribution in [1.29, 1.82) is 0 Å². The molecule has 0 saturated heterocycles. The van der Waals surface area contributed by atoms with Crippen molar-refractivity contribution in [2.75, 3.05) is 20.1 Å². The van der Waals surface area contributed by atoms with Crippen LogP contribution >= 0.6 is 0 Å². The van der Waals surface area contributed by atoms with Crippen LogP contribution in [0.4, 0.5) is 0 Å². The van der Waals surface area contributed by atoms with Crippen molar-refractivity contribution in [2.24, 2.45) is 0 Å². The third-order valence-electron chi connectivity index (χ3n) is 2.72. The van der Waals surface area contributed by atoms with Gasteiger partial charge in [0.15, 0.2) is 0 Å². The van der Waals surface area contributed by atoms with Gasteiger partial charge in [0.1, 0.15) is 6.26 Å². The largest absolute Gasteiger partial charge is 0.481 e. The highest BCUT2D eigenvalue weighted by Gasteiger charge is 2.11. The molecule has 0 aliphatic rings. The summed E-state index contributed by atoms with van der Waals surface area (Å²) in [6.07, 6.45) is 3.35. The van der Waals surface area contributed by atoms with Gasteiger partial charge in [0.25, 0.3) is 5.91 Å². The second-order valence-electron chi connectivity index (χ2n) is 4.33. The van der Waals surface area contributed by atoms with Gasteiger partial charge in [-0.3, -0.25) is 14.4 Å². The molecule has 110 valence electrons. The summed E-state index contributed by atoms with van der Waals surface area (Å²) in [6.45, 7) is 0.618. The summed E-state index contributed by atoms with van der Waals surface area (Å²) in [4.78, 5) is 35.1. The zero-order valence-electron chi connectivity index (χ0n) is 11.3.